The van der Waals surface area contributed by atoms with Crippen molar-refractivity contribution < 1.29 is 17.9 Å². The van der Waals surface area contributed by atoms with E-state index in [1.54, 1.807) is 24.4 Å². The van der Waals surface area contributed by atoms with Crippen LogP contribution in [0.15, 0.2) is 59.6 Å². The van der Waals surface area contributed by atoms with Gasteiger partial charge in [0.15, 0.2) is 0 Å². The standard InChI is InChI=1S/C22H22ClN3O4S/c1-14-12-26(13-15(2)30-14)31(28,29)21-11-16(8-9-18(21)23)22(27)25-20-7-3-6-19-17(20)5-4-10-24-19/h3-11,14-15H,12-13H2,1-2H3,(H,25,27)/t14-,15+. The van der Waals surface area contributed by atoms with Gasteiger partial charge in [-0.3, -0.25) is 9.78 Å². The molecule has 0 bridgehead atoms. The lowest BCUT2D eigenvalue weighted by Crippen LogP contribution is -2.48. The van der Waals surface area contributed by atoms with Gasteiger partial charge in [0, 0.05) is 30.2 Å². The molecule has 0 spiro atoms. The number of ether oxygens (including phenoxy) is 1. The molecule has 0 saturated carbocycles. The van der Waals surface area contributed by atoms with E-state index in [9.17, 15) is 13.2 Å². The number of pyridine rings is 1. The number of fused-ring (bicyclic) bond motifs is 1. The Morgan fingerprint density at radius 1 is 1.13 bits per heavy atom. The third-order valence-corrected chi connectivity index (χ3v) is 7.40. The molecule has 162 valence electrons. The summed E-state index contributed by atoms with van der Waals surface area (Å²) in [6.45, 7) is 4.09. The zero-order chi connectivity index (χ0) is 22.2. The van der Waals surface area contributed by atoms with Crippen LogP contribution in [0.25, 0.3) is 10.9 Å². The third kappa shape index (κ3) is 4.43. The Hall–Kier alpha value is -2.52. The van der Waals surface area contributed by atoms with Gasteiger partial charge in [-0.25, -0.2) is 8.42 Å². The molecule has 2 atom stereocenters. The van der Waals surface area contributed by atoms with E-state index in [2.05, 4.69) is 10.3 Å². The van der Waals surface area contributed by atoms with Crippen LogP contribution in [0.2, 0.25) is 5.02 Å². The second kappa shape index (κ2) is 8.55. The smallest absolute Gasteiger partial charge is 0.255 e. The van der Waals surface area contributed by atoms with Gasteiger partial charge in [0.1, 0.15) is 4.90 Å². The van der Waals surface area contributed by atoms with Gasteiger partial charge >= 0.3 is 0 Å². The number of anilines is 1. The molecule has 0 aliphatic carbocycles. The van der Waals surface area contributed by atoms with Gasteiger partial charge in [-0.2, -0.15) is 4.31 Å². The van der Waals surface area contributed by atoms with Crippen LogP contribution in [0.4, 0.5) is 5.69 Å². The van der Waals surface area contributed by atoms with E-state index in [1.807, 2.05) is 26.0 Å². The molecular formula is C22H22ClN3O4S. The summed E-state index contributed by atoms with van der Waals surface area (Å²) in [7, 11) is -3.89. The van der Waals surface area contributed by atoms with Crippen LogP contribution in [0.1, 0.15) is 24.2 Å². The predicted molar refractivity (Wildman–Crippen MR) is 120 cm³/mol. The number of hydrogen-bond donors (Lipinski definition) is 1. The highest BCUT2D eigenvalue weighted by molar-refractivity contribution is 7.89. The molecule has 31 heavy (non-hydrogen) atoms. The minimum Gasteiger partial charge on any atom is -0.373 e. The van der Waals surface area contributed by atoms with E-state index in [0.29, 0.717) is 5.69 Å². The number of aromatic nitrogens is 1. The summed E-state index contributed by atoms with van der Waals surface area (Å²) in [6.07, 6.45) is 1.21. The normalized spacial score (nSPS) is 20.0. The molecule has 0 unspecified atom stereocenters. The van der Waals surface area contributed by atoms with E-state index in [0.717, 1.165) is 10.9 Å². The van der Waals surface area contributed by atoms with Gasteiger partial charge < -0.3 is 10.1 Å². The van der Waals surface area contributed by atoms with Gasteiger partial charge in [-0.15, -0.1) is 0 Å². The number of amides is 1. The number of halogens is 1. The fourth-order valence-corrected chi connectivity index (χ4v) is 5.81. The molecule has 4 rings (SSSR count). The maximum atomic E-state index is 13.3. The molecule has 1 aliphatic heterocycles. The summed E-state index contributed by atoms with van der Waals surface area (Å²) in [5.74, 6) is -0.437. The predicted octanol–water partition coefficient (Wildman–Crippen LogP) is 3.94. The van der Waals surface area contributed by atoms with E-state index >= 15 is 0 Å². The first-order chi connectivity index (χ1) is 14.8. The number of hydrogen-bond acceptors (Lipinski definition) is 5. The van der Waals surface area contributed by atoms with Crippen LogP contribution in [-0.4, -0.2) is 48.9 Å². The number of nitrogens with one attached hydrogen (secondary N) is 1. The summed E-state index contributed by atoms with van der Waals surface area (Å²) in [5, 5.41) is 3.70. The highest BCUT2D eigenvalue weighted by atomic mass is 35.5. The molecule has 2 aromatic carbocycles. The molecule has 0 radical (unpaired) electrons. The van der Waals surface area contributed by atoms with Crippen molar-refractivity contribution in [1.29, 1.82) is 0 Å². The van der Waals surface area contributed by atoms with E-state index in [4.69, 9.17) is 16.3 Å². The minimum absolute atomic E-state index is 0.0673. The molecule has 1 saturated heterocycles. The Kier molecular flexibility index (Phi) is 5.98. The lowest BCUT2D eigenvalue weighted by molar-refractivity contribution is -0.0440. The van der Waals surface area contributed by atoms with Crippen LogP contribution >= 0.6 is 11.6 Å². The van der Waals surface area contributed by atoms with Crippen LogP contribution in [0.5, 0.6) is 0 Å². The minimum atomic E-state index is -3.89. The lowest BCUT2D eigenvalue weighted by atomic mass is 10.1. The summed E-state index contributed by atoms with van der Waals surface area (Å²) >= 11 is 6.24. The quantitative estimate of drug-likeness (QED) is 0.638. The summed E-state index contributed by atoms with van der Waals surface area (Å²) < 4.78 is 33.5. The van der Waals surface area contributed by atoms with Crippen LogP contribution < -0.4 is 5.32 Å². The number of carbonyl (C=O) groups is 1. The first kappa shape index (κ1) is 21.7. The zero-order valence-corrected chi connectivity index (χ0v) is 18.7. The second-order valence-electron chi connectivity index (χ2n) is 7.55. The van der Waals surface area contributed by atoms with Crippen molar-refractivity contribution in [3.63, 3.8) is 0 Å². The Morgan fingerprint density at radius 2 is 1.87 bits per heavy atom. The van der Waals surface area contributed by atoms with Gasteiger partial charge in [0.2, 0.25) is 10.0 Å². The Labute approximate surface area is 186 Å². The summed E-state index contributed by atoms with van der Waals surface area (Å²) in [5.41, 5.74) is 1.53. The van der Waals surface area contributed by atoms with Crippen molar-refractivity contribution in [3.05, 3.63) is 65.3 Å². The van der Waals surface area contributed by atoms with Crippen molar-refractivity contribution in [2.75, 3.05) is 18.4 Å². The van der Waals surface area contributed by atoms with Crippen molar-refractivity contribution in [3.8, 4) is 0 Å². The molecule has 1 amide bonds. The fourth-order valence-electron chi connectivity index (χ4n) is 3.72. The SMILES string of the molecule is C[C@@H]1CN(S(=O)(=O)c2cc(C(=O)Nc3cccc4ncccc34)ccc2Cl)C[C@H](C)O1. The first-order valence-electron chi connectivity index (χ1n) is 9.86. The fraction of sp³-hybridized carbons (Fsp3) is 0.273. The Morgan fingerprint density at radius 3 is 2.61 bits per heavy atom. The van der Waals surface area contributed by atoms with E-state index < -0.39 is 15.9 Å². The molecule has 1 aromatic heterocycles. The van der Waals surface area contributed by atoms with Gasteiger partial charge in [0.05, 0.1) is 28.4 Å². The molecule has 7 nitrogen and oxygen atoms in total. The third-order valence-electron chi connectivity index (χ3n) is 5.09. The van der Waals surface area contributed by atoms with Crippen LogP contribution in [-0.2, 0) is 14.8 Å². The molecule has 1 N–H and O–H groups in total. The molecule has 1 fully saturated rings. The largest absolute Gasteiger partial charge is 0.373 e. The average Bonchev–Trinajstić information content (AvgIpc) is 2.73. The Balaban J connectivity index is 1.65. The molecule has 3 aromatic rings. The number of benzene rings is 2. The number of sulfonamides is 1. The van der Waals surface area contributed by atoms with Crippen molar-refractivity contribution >= 4 is 44.1 Å². The highest BCUT2D eigenvalue weighted by Crippen LogP contribution is 2.29. The Bertz CT molecular complexity index is 1230. The second-order valence-corrected chi connectivity index (χ2v) is 9.87. The lowest BCUT2D eigenvalue weighted by Gasteiger charge is -2.34. The molecule has 1 aliphatic rings. The van der Waals surface area contributed by atoms with Crippen molar-refractivity contribution in [1.82, 2.24) is 9.29 Å². The van der Waals surface area contributed by atoms with E-state index in [-0.39, 0.29) is 40.8 Å². The maximum absolute atomic E-state index is 13.3. The van der Waals surface area contributed by atoms with Crippen LogP contribution in [0, 0.1) is 0 Å². The van der Waals surface area contributed by atoms with Gasteiger partial charge in [-0.05, 0) is 56.3 Å². The topological polar surface area (TPSA) is 88.6 Å². The molecular weight excluding hydrogens is 438 g/mol. The van der Waals surface area contributed by atoms with Crippen molar-refractivity contribution in [2.24, 2.45) is 0 Å². The molecule has 2 heterocycles. The number of morpholine rings is 1. The summed E-state index contributed by atoms with van der Waals surface area (Å²) in [4.78, 5) is 17.1. The highest BCUT2D eigenvalue weighted by Gasteiger charge is 2.33. The number of rotatable bonds is 4. The van der Waals surface area contributed by atoms with Gasteiger partial charge in [-0.1, -0.05) is 17.7 Å². The zero-order valence-electron chi connectivity index (χ0n) is 17.1. The maximum Gasteiger partial charge on any atom is 0.255 e. The molecule has 9 heteroatoms. The first-order valence-corrected chi connectivity index (χ1v) is 11.7. The monoisotopic (exact) mass is 459 g/mol. The van der Waals surface area contributed by atoms with Crippen LogP contribution in [0.3, 0.4) is 0 Å². The van der Waals surface area contributed by atoms with E-state index in [1.165, 1.54) is 22.5 Å². The summed E-state index contributed by atoms with van der Waals surface area (Å²) in [6, 6.07) is 13.3. The number of carbonyl (C=O) groups excluding carboxylic acids is 1. The number of nitrogens with zero attached hydrogens (tertiary/aromatic N) is 2. The van der Waals surface area contributed by atoms with Crippen molar-refractivity contribution in [2.45, 2.75) is 31.0 Å². The average molecular weight is 460 g/mol. The van der Waals surface area contributed by atoms with Gasteiger partial charge in [0.25, 0.3) is 5.91 Å².